The van der Waals surface area contributed by atoms with Crippen molar-refractivity contribution < 1.29 is 13.9 Å². The van der Waals surface area contributed by atoms with Crippen LogP contribution in [0.25, 0.3) is 0 Å². The molecule has 0 bridgehead atoms. The van der Waals surface area contributed by atoms with Gasteiger partial charge in [-0.05, 0) is 47.0 Å². The molecule has 96 valence electrons. The van der Waals surface area contributed by atoms with E-state index in [1.807, 2.05) is 51.9 Å². The van der Waals surface area contributed by atoms with E-state index >= 15 is 0 Å². The molecule has 0 radical (unpaired) electrons. The number of hydrogen-bond donors (Lipinski definition) is 0. The fourth-order valence-electron chi connectivity index (χ4n) is 2.23. The molecule has 0 amide bonds. The maximum atomic E-state index is 11.9. The second-order valence-electron chi connectivity index (χ2n) is 5.03. The number of carbonyl (C=O) groups excluding carboxylic acids is 1. The number of aryl methyl sites for hydroxylation is 1. The van der Waals surface area contributed by atoms with Crippen molar-refractivity contribution >= 4 is 5.97 Å². The lowest BCUT2D eigenvalue weighted by Crippen LogP contribution is -2.39. The van der Waals surface area contributed by atoms with E-state index in [1.54, 1.807) is 0 Å². The van der Waals surface area contributed by atoms with Crippen molar-refractivity contribution in [1.29, 1.82) is 0 Å². The number of carbonyl (C=O) groups is 1. The highest BCUT2D eigenvalue weighted by Gasteiger charge is 2.42. The van der Waals surface area contributed by atoms with E-state index in [-0.39, 0.29) is 12.0 Å². The Morgan fingerprint density at radius 1 is 1.41 bits per heavy atom. The molecule has 1 aromatic heterocycles. The Morgan fingerprint density at radius 2 is 2.00 bits per heavy atom. The van der Waals surface area contributed by atoms with E-state index in [2.05, 4.69) is 0 Å². The van der Waals surface area contributed by atoms with Gasteiger partial charge in [-0.1, -0.05) is 0 Å². The van der Waals surface area contributed by atoms with E-state index < -0.39 is 5.41 Å². The van der Waals surface area contributed by atoms with Gasteiger partial charge in [0.15, 0.2) is 0 Å². The minimum absolute atomic E-state index is 0.149. The summed E-state index contributed by atoms with van der Waals surface area (Å²) < 4.78 is 10.5. The summed E-state index contributed by atoms with van der Waals surface area (Å²) >= 11 is 0. The Morgan fingerprint density at radius 3 is 2.35 bits per heavy atom. The first-order valence-corrected chi connectivity index (χ1v) is 5.62. The lowest BCUT2D eigenvalue weighted by Gasteiger charge is -2.34. The number of furan rings is 1. The summed E-state index contributed by atoms with van der Waals surface area (Å²) in [7, 11) is 5.25. The van der Waals surface area contributed by atoms with Crippen LogP contribution in [-0.4, -0.2) is 32.1 Å². The molecule has 0 aromatic carbocycles. The zero-order valence-electron chi connectivity index (χ0n) is 11.4. The molecule has 17 heavy (non-hydrogen) atoms. The van der Waals surface area contributed by atoms with E-state index in [1.165, 1.54) is 7.11 Å². The fourth-order valence-corrected chi connectivity index (χ4v) is 2.23. The van der Waals surface area contributed by atoms with Gasteiger partial charge in [0, 0.05) is 0 Å². The van der Waals surface area contributed by atoms with Crippen LogP contribution in [-0.2, 0) is 9.53 Å². The minimum Gasteiger partial charge on any atom is -0.469 e. The largest absolute Gasteiger partial charge is 0.469 e. The van der Waals surface area contributed by atoms with Crippen LogP contribution in [0.15, 0.2) is 16.5 Å². The lowest BCUT2D eigenvalue weighted by molar-refractivity contribution is -0.155. The average Bonchev–Trinajstić information content (AvgIpc) is 2.62. The maximum absolute atomic E-state index is 11.9. The van der Waals surface area contributed by atoms with Gasteiger partial charge in [0.05, 0.1) is 18.6 Å². The topological polar surface area (TPSA) is 42.7 Å². The van der Waals surface area contributed by atoms with Crippen LogP contribution in [0.5, 0.6) is 0 Å². The standard InChI is InChI=1S/C13H21NO3/c1-9-7-8-10(17-9)11(14(4)5)13(2,3)12(15)16-6/h7-8,11H,1-6H3. The third kappa shape index (κ3) is 2.69. The molecule has 1 unspecified atom stereocenters. The molecular formula is C13H21NO3. The molecule has 1 rings (SSSR count). The molecule has 0 aliphatic rings. The SMILES string of the molecule is COC(=O)C(C)(C)C(c1ccc(C)o1)N(C)C. The van der Waals surface area contributed by atoms with Gasteiger partial charge in [0.25, 0.3) is 0 Å². The molecule has 0 saturated heterocycles. The highest BCUT2D eigenvalue weighted by atomic mass is 16.5. The van der Waals surface area contributed by atoms with Gasteiger partial charge < -0.3 is 9.15 Å². The van der Waals surface area contributed by atoms with Gasteiger partial charge in [-0.15, -0.1) is 0 Å². The lowest BCUT2D eigenvalue weighted by atomic mass is 9.82. The summed E-state index contributed by atoms with van der Waals surface area (Å²) in [6.07, 6.45) is 0. The first-order chi connectivity index (χ1) is 7.80. The van der Waals surface area contributed by atoms with Crippen molar-refractivity contribution in [2.24, 2.45) is 5.41 Å². The zero-order valence-corrected chi connectivity index (χ0v) is 11.4. The van der Waals surface area contributed by atoms with Crippen LogP contribution in [0, 0.1) is 12.3 Å². The molecule has 4 nitrogen and oxygen atoms in total. The van der Waals surface area contributed by atoms with E-state index in [0.29, 0.717) is 0 Å². The van der Waals surface area contributed by atoms with Crippen molar-refractivity contribution in [3.63, 3.8) is 0 Å². The zero-order chi connectivity index (χ0) is 13.2. The summed E-state index contributed by atoms with van der Waals surface area (Å²) in [6, 6.07) is 3.66. The second kappa shape index (κ2) is 4.92. The molecule has 0 aliphatic heterocycles. The normalized spacial score (nSPS) is 13.8. The van der Waals surface area contributed by atoms with E-state index in [4.69, 9.17) is 9.15 Å². The van der Waals surface area contributed by atoms with Crippen LogP contribution in [0.2, 0.25) is 0 Å². The van der Waals surface area contributed by atoms with Crippen molar-refractivity contribution in [1.82, 2.24) is 4.90 Å². The van der Waals surface area contributed by atoms with Gasteiger partial charge in [0.1, 0.15) is 11.5 Å². The van der Waals surface area contributed by atoms with Crippen LogP contribution in [0.1, 0.15) is 31.4 Å². The van der Waals surface area contributed by atoms with Crippen LogP contribution < -0.4 is 0 Å². The highest BCUT2D eigenvalue weighted by molar-refractivity contribution is 5.76. The monoisotopic (exact) mass is 239 g/mol. The molecule has 4 heteroatoms. The smallest absolute Gasteiger partial charge is 0.313 e. The number of methoxy groups -OCH3 is 1. The molecule has 0 N–H and O–H groups in total. The van der Waals surface area contributed by atoms with Crippen LogP contribution >= 0.6 is 0 Å². The number of nitrogens with zero attached hydrogens (tertiary/aromatic N) is 1. The second-order valence-corrected chi connectivity index (χ2v) is 5.03. The third-order valence-corrected chi connectivity index (χ3v) is 2.94. The van der Waals surface area contributed by atoms with Gasteiger partial charge in [0.2, 0.25) is 0 Å². The van der Waals surface area contributed by atoms with Gasteiger partial charge >= 0.3 is 5.97 Å². The Kier molecular flexibility index (Phi) is 3.98. The molecule has 0 saturated carbocycles. The number of hydrogen-bond acceptors (Lipinski definition) is 4. The molecule has 0 spiro atoms. The maximum Gasteiger partial charge on any atom is 0.313 e. The quantitative estimate of drug-likeness (QED) is 0.757. The van der Waals surface area contributed by atoms with Crippen molar-refractivity contribution in [3.8, 4) is 0 Å². The predicted octanol–water partition coefficient (Wildman–Crippen LogP) is 2.39. The first-order valence-electron chi connectivity index (χ1n) is 5.62. The molecule has 1 heterocycles. The summed E-state index contributed by atoms with van der Waals surface area (Å²) in [5.74, 6) is 1.38. The predicted molar refractivity (Wildman–Crippen MR) is 65.7 cm³/mol. The van der Waals surface area contributed by atoms with Crippen molar-refractivity contribution in [2.45, 2.75) is 26.8 Å². The van der Waals surface area contributed by atoms with Crippen LogP contribution in [0.3, 0.4) is 0 Å². The molecule has 0 fully saturated rings. The first kappa shape index (κ1) is 13.8. The Hall–Kier alpha value is -1.29. The van der Waals surface area contributed by atoms with Crippen molar-refractivity contribution in [3.05, 3.63) is 23.7 Å². The van der Waals surface area contributed by atoms with Gasteiger partial charge in [-0.25, -0.2) is 0 Å². The molecule has 1 aromatic rings. The van der Waals surface area contributed by atoms with Gasteiger partial charge in [-0.2, -0.15) is 0 Å². The number of esters is 1. The number of rotatable bonds is 4. The van der Waals surface area contributed by atoms with Crippen molar-refractivity contribution in [2.75, 3.05) is 21.2 Å². The van der Waals surface area contributed by atoms with E-state index in [9.17, 15) is 4.79 Å². The Labute approximate surface area is 103 Å². The summed E-state index contributed by atoms with van der Waals surface area (Å²) in [5, 5.41) is 0. The average molecular weight is 239 g/mol. The Balaban J connectivity index is 3.14. The van der Waals surface area contributed by atoms with Gasteiger partial charge in [-0.3, -0.25) is 9.69 Å². The highest BCUT2D eigenvalue weighted by Crippen LogP contribution is 2.38. The number of ether oxygens (including phenoxy) is 1. The van der Waals surface area contributed by atoms with E-state index in [0.717, 1.165) is 11.5 Å². The molecular weight excluding hydrogens is 218 g/mol. The minimum atomic E-state index is -0.664. The molecule has 0 aliphatic carbocycles. The molecule has 1 atom stereocenters. The fraction of sp³-hybridized carbons (Fsp3) is 0.615. The summed E-state index contributed by atoms with van der Waals surface area (Å²) in [4.78, 5) is 13.8. The Bertz CT molecular complexity index is 393. The summed E-state index contributed by atoms with van der Waals surface area (Å²) in [5.41, 5.74) is -0.664. The summed E-state index contributed by atoms with van der Waals surface area (Å²) in [6.45, 7) is 5.62. The van der Waals surface area contributed by atoms with Crippen LogP contribution in [0.4, 0.5) is 0 Å². The third-order valence-electron chi connectivity index (χ3n) is 2.94.